The summed E-state index contributed by atoms with van der Waals surface area (Å²) < 4.78 is 27.7. The maximum absolute atomic E-state index is 14.4. The zero-order chi connectivity index (χ0) is 22.5. The minimum atomic E-state index is -0.573. The highest BCUT2D eigenvalue weighted by atomic mass is 19.1. The molecule has 1 atom stereocenters. The molecule has 0 bridgehead atoms. The van der Waals surface area contributed by atoms with Crippen LogP contribution in [0, 0.1) is 12.7 Å². The second-order valence-corrected chi connectivity index (χ2v) is 8.12. The van der Waals surface area contributed by atoms with Crippen molar-refractivity contribution < 1.29 is 19.0 Å². The van der Waals surface area contributed by atoms with Gasteiger partial charge in [0.05, 0.1) is 29.7 Å². The van der Waals surface area contributed by atoms with Gasteiger partial charge >= 0.3 is 0 Å². The standard InChI is InChI=1S/C25H30FN3O3/c1-3-31-17-21(30)15-28(19-13-14-19)16-22-18(2)27-29(20-9-5-4-6-10-20)25(22)32-24-12-8-7-11-23(24)26/h4-12,19,21,30H,3,13-17H2,1-2H3. The topological polar surface area (TPSA) is 59.8 Å². The second-order valence-electron chi connectivity index (χ2n) is 8.12. The first kappa shape index (κ1) is 22.5. The molecule has 3 aromatic rings. The lowest BCUT2D eigenvalue weighted by molar-refractivity contribution is 0.0177. The monoisotopic (exact) mass is 439 g/mol. The van der Waals surface area contributed by atoms with Gasteiger partial charge in [0, 0.05) is 25.7 Å². The molecule has 0 radical (unpaired) electrons. The Hall–Kier alpha value is -2.74. The van der Waals surface area contributed by atoms with E-state index >= 15 is 0 Å². The predicted molar refractivity (Wildman–Crippen MR) is 121 cm³/mol. The third kappa shape index (κ3) is 5.35. The summed E-state index contributed by atoms with van der Waals surface area (Å²) in [4.78, 5) is 2.25. The van der Waals surface area contributed by atoms with Crippen molar-refractivity contribution in [3.05, 3.63) is 71.7 Å². The van der Waals surface area contributed by atoms with Crippen LogP contribution in [0.2, 0.25) is 0 Å². The van der Waals surface area contributed by atoms with Gasteiger partial charge in [-0.3, -0.25) is 4.90 Å². The van der Waals surface area contributed by atoms with Crippen LogP contribution < -0.4 is 4.74 Å². The molecule has 1 fully saturated rings. The second kappa shape index (κ2) is 10.3. The average molecular weight is 440 g/mol. The molecule has 6 nitrogen and oxygen atoms in total. The maximum atomic E-state index is 14.4. The van der Waals surface area contributed by atoms with E-state index in [2.05, 4.69) is 4.90 Å². The zero-order valence-corrected chi connectivity index (χ0v) is 18.6. The quantitative estimate of drug-likeness (QED) is 0.478. The van der Waals surface area contributed by atoms with Gasteiger partial charge in [0.2, 0.25) is 5.88 Å². The van der Waals surface area contributed by atoms with E-state index in [1.165, 1.54) is 6.07 Å². The number of hydrogen-bond donors (Lipinski definition) is 1. The van der Waals surface area contributed by atoms with Gasteiger partial charge in [0.15, 0.2) is 11.6 Å². The highest BCUT2D eigenvalue weighted by molar-refractivity contribution is 5.43. The Morgan fingerprint density at radius 2 is 1.88 bits per heavy atom. The van der Waals surface area contributed by atoms with Crippen molar-refractivity contribution in [2.24, 2.45) is 0 Å². The van der Waals surface area contributed by atoms with Crippen molar-refractivity contribution in [2.75, 3.05) is 19.8 Å². The molecule has 1 aliphatic rings. The molecule has 0 aliphatic heterocycles. The van der Waals surface area contributed by atoms with Gasteiger partial charge in [-0.1, -0.05) is 30.3 Å². The van der Waals surface area contributed by atoms with E-state index in [0.717, 1.165) is 29.8 Å². The summed E-state index contributed by atoms with van der Waals surface area (Å²) in [5.41, 5.74) is 2.53. The molecule has 1 aliphatic carbocycles. The van der Waals surface area contributed by atoms with Gasteiger partial charge in [-0.15, -0.1) is 0 Å². The molecule has 7 heteroatoms. The Morgan fingerprint density at radius 1 is 1.16 bits per heavy atom. The first-order chi connectivity index (χ1) is 15.6. The van der Waals surface area contributed by atoms with E-state index in [-0.39, 0.29) is 5.75 Å². The van der Waals surface area contributed by atoms with Crippen LogP contribution in [0.25, 0.3) is 5.69 Å². The summed E-state index contributed by atoms with van der Waals surface area (Å²) in [6, 6.07) is 16.5. The summed E-state index contributed by atoms with van der Waals surface area (Å²) in [6.45, 7) is 5.78. The van der Waals surface area contributed by atoms with E-state index in [1.807, 2.05) is 44.2 Å². The fourth-order valence-electron chi connectivity index (χ4n) is 3.76. The van der Waals surface area contributed by atoms with E-state index in [9.17, 15) is 9.50 Å². The van der Waals surface area contributed by atoms with Crippen LogP contribution in [0.1, 0.15) is 31.0 Å². The fraction of sp³-hybridized carbons (Fsp3) is 0.400. The van der Waals surface area contributed by atoms with Crippen LogP contribution in [0.5, 0.6) is 11.6 Å². The van der Waals surface area contributed by atoms with Crippen molar-refractivity contribution in [3.8, 4) is 17.3 Å². The van der Waals surface area contributed by atoms with Crippen LogP contribution in [0.4, 0.5) is 4.39 Å². The van der Waals surface area contributed by atoms with Crippen LogP contribution in [-0.2, 0) is 11.3 Å². The molecule has 1 aromatic heterocycles. The van der Waals surface area contributed by atoms with Crippen LogP contribution in [0.3, 0.4) is 0 Å². The molecular formula is C25H30FN3O3. The Morgan fingerprint density at radius 3 is 2.56 bits per heavy atom. The smallest absolute Gasteiger partial charge is 0.227 e. The molecule has 32 heavy (non-hydrogen) atoms. The van der Waals surface area contributed by atoms with Crippen LogP contribution >= 0.6 is 0 Å². The number of aliphatic hydroxyl groups is 1. The minimum Gasteiger partial charge on any atom is -0.435 e. The van der Waals surface area contributed by atoms with Crippen molar-refractivity contribution >= 4 is 0 Å². The summed E-state index contributed by atoms with van der Waals surface area (Å²) in [5, 5.41) is 15.2. The molecular weight excluding hydrogens is 409 g/mol. The number of ether oxygens (including phenoxy) is 2. The van der Waals surface area contributed by atoms with Gasteiger partial charge in [0.25, 0.3) is 0 Å². The maximum Gasteiger partial charge on any atom is 0.227 e. The SMILES string of the molecule is CCOCC(O)CN(Cc1c(C)nn(-c2ccccc2)c1Oc1ccccc1F)C1CC1. The Kier molecular flexibility index (Phi) is 7.19. The van der Waals surface area contributed by atoms with Crippen molar-refractivity contribution in [2.45, 2.75) is 45.4 Å². The third-order valence-corrected chi connectivity index (χ3v) is 5.57. The van der Waals surface area contributed by atoms with Gasteiger partial charge in [-0.05, 0) is 51.0 Å². The highest BCUT2D eigenvalue weighted by Crippen LogP contribution is 2.35. The Labute approximate surface area is 188 Å². The lowest BCUT2D eigenvalue weighted by Crippen LogP contribution is -2.36. The van der Waals surface area contributed by atoms with Crippen molar-refractivity contribution in [1.82, 2.24) is 14.7 Å². The van der Waals surface area contributed by atoms with Crippen LogP contribution in [-0.4, -0.2) is 51.7 Å². The molecule has 2 aromatic carbocycles. The summed E-state index contributed by atoms with van der Waals surface area (Å²) >= 11 is 0. The Bertz CT molecular complexity index is 1020. The number of aromatic nitrogens is 2. The molecule has 0 saturated heterocycles. The van der Waals surface area contributed by atoms with Gasteiger partial charge < -0.3 is 14.6 Å². The summed E-state index contributed by atoms with van der Waals surface area (Å²) in [7, 11) is 0. The van der Waals surface area contributed by atoms with E-state index < -0.39 is 11.9 Å². The number of para-hydroxylation sites is 2. The summed E-state index contributed by atoms with van der Waals surface area (Å²) in [5.74, 6) is 0.215. The largest absolute Gasteiger partial charge is 0.435 e. The highest BCUT2D eigenvalue weighted by Gasteiger charge is 2.32. The predicted octanol–water partition coefficient (Wildman–Crippen LogP) is 4.47. The molecule has 4 rings (SSSR count). The fourth-order valence-corrected chi connectivity index (χ4v) is 3.76. The van der Waals surface area contributed by atoms with E-state index in [1.54, 1.807) is 22.9 Å². The minimum absolute atomic E-state index is 0.153. The van der Waals surface area contributed by atoms with Gasteiger partial charge in [-0.25, -0.2) is 9.07 Å². The van der Waals surface area contributed by atoms with Gasteiger partial charge in [0.1, 0.15) is 0 Å². The normalized spacial score (nSPS) is 14.7. The summed E-state index contributed by atoms with van der Waals surface area (Å²) in [6.07, 6.45) is 1.61. The van der Waals surface area contributed by atoms with Crippen LogP contribution in [0.15, 0.2) is 54.6 Å². The van der Waals surface area contributed by atoms with Crippen molar-refractivity contribution in [1.29, 1.82) is 0 Å². The lowest BCUT2D eigenvalue weighted by Gasteiger charge is -2.25. The lowest BCUT2D eigenvalue weighted by atomic mass is 10.2. The number of nitrogens with zero attached hydrogens (tertiary/aromatic N) is 3. The van der Waals surface area contributed by atoms with E-state index in [4.69, 9.17) is 14.6 Å². The number of aryl methyl sites for hydroxylation is 1. The average Bonchev–Trinajstić information content (AvgIpc) is 3.60. The molecule has 0 spiro atoms. The molecule has 1 saturated carbocycles. The van der Waals surface area contributed by atoms with E-state index in [0.29, 0.717) is 38.2 Å². The Balaban J connectivity index is 1.67. The molecule has 1 heterocycles. The first-order valence-electron chi connectivity index (χ1n) is 11.1. The molecule has 0 amide bonds. The van der Waals surface area contributed by atoms with Crippen molar-refractivity contribution in [3.63, 3.8) is 0 Å². The number of halogens is 1. The molecule has 1 unspecified atom stereocenters. The first-order valence-corrected chi connectivity index (χ1v) is 11.1. The zero-order valence-electron chi connectivity index (χ0n) is 18.6. The number of rotatable bonds is 11. The van der Waals surface area contributed by atoms with Gasteiger partial charge in [-0.2, -0.15) is 5.10 Å². The number of benzene rings is 2. The number of aliphatic hydroxyl groups excluding tert-OH is 1. The molecule has 170 valence electrons. The number of hydrogen-bond acceptors (Lipinski definition) is 5. The third-order valence-electron chi connectivity index (χ3n) is 5.57. The molecule has 1 N–H and O–H groups in total.